The van der Waals surface area contributed by atoms with Crippen LogP contribution in [0.3, 0.4) is 0 Å². The molecule has 0 aliphatic rings. The Bertz CT molecular complexity index is 495. The van der Waals surface area contributed by atoms with Crippen molar-refractivity contribution < 1.29 is 8.42 Å². The molecule has 4 nitrogen and oxygen atoms in total. The lowest BCUT2D eigenvalue weighted by molar-refractivity contribution is 0.535. The highest BCUT2D eigenvalue weighted by atomic mass is 32.2. The average molecular weight is 304 g/mol. The van der Waals surface area contributed by atoms with Gasteiger partial charge in [0.25, 0.3) is 0 Å². The third-order valence-electron chi connectivity index (χ3n) is 2.95. The lowest BCUT2D eigenvalue weighted by Gasteiger charge is -2.12. The van der Waals surface area contributed by atoms with Crippen LogP contribution in [0.5, 0.6) is 0 Å². The molecule has 1 atom stereocenters. The number of hydrogen-bond donors (Lipinski definition) is 2. The van der Waals surface area contributed by atoms with Gasteiger partial charge in [-0.1, -0.05) is 19.8 Å². The zero-order valence-corrected chi connectivity index (χ0v) is 13.7. The Labute approximate surface area is 120 Å². The maximum absolute atomic E-state index is 12.3. The number of aryl methyl sites for hydroxylation is 1. The van der Waals surface area contributed by atoms with Gasteiger partial charge < -0.3 is 5.32 Å². The van der Waals surface area contributed by atoms with Gasteiger partial charge in [0.2, 0.25) is 10.0 Å². The van der Waals surface area contributed by atoms with E-state index in [1.54, 1.807) is 6.07 Å². The van der Waals surface area contributed by atoms with Crippen LogP contribution in [0.15, 0.2) is 10.3 Å². The summed E-state index contributed by atoms with van der Waals surface area (Å²) < 4.78 is 27.7. The van der Waals surface area contributed by atoms with Gasteiger partial charge in [0.1, 0.15) is 4.21 Å². The molecule has 1 aromatic heterocycles. The molecule has 19 heavy (non-hydrogen) atoms. The van der Waals surface area contributed by atoms with Gasteiger partial charge >= 0.3 is 0 Å². The van der Waals surface area contributed by atoms with Crippen molar-refractivity contribution >= 4 is 21.4 Å². The topological polar surface area (TPSA) is 58.2 Å². The molecule has 0 aliphatic heterocycles. The van der Waals surface area contributed by atoms with Gasteiger partial charge in [-0.2, -0.15) is 0 Å². The molecule has 0 fully saturated rings. The average Bonchev–Trinajstić information content (AvgIpc) is 2.69. The number of rotatable bonds is 8. The summed E-state index contributed by atoms with van der Waals surface area (Å²) in [6, 6.07) is 1.74. The molecule has 0 aromatic carbocycles. The third-order valence-corrected chi connectivity index (χ3v) is 6.25. The van der Waals surface area contributed by atoms with E-state index in [1.807, 2.05) is 20.9 Å². The largest absolute Gasteiger partial charge is 0.315 e. The van der Waals surface area contributed by atoms with E-state index < -0.39 is 10.0 Å². The molecule has 0 saturated heterocycles. The Morgan fingerprint density at radius 1 is 1.42 bits per heavy atom. The molecule has 0 saturated carbocycles. The van der Waals surface area contributed by atoms with E-state index in [9.17, 15) is 8.42 Å². The van der Waals surface area contributed by atoms with Crippen LogP contribution in [-0.4, -0.2) is 21.5 Å². The van der Waals surface area contributed by atoms with Crippen LogP contribution >= 0.6 is 11.3 Å². The lowest BCUT2D eigenvalue weighted by atomic mass is 10.2. The highest BCUT2D eigenvalue weighted by molar-refractivity contribution is 7.91. The third kappa shape index (κ3) is 4.87. The number of unbranched alkanes of at least 4 members (excludes halogenated alkanes) is 1. The summed E-state index contributed by atoms with van der Waals surface area (Å²) in [6.07, 6.45) is 3.00. The minimum atomic E-state index is -3.37. The quantitative estimate of drug-likeness (QED) is 0.776. The second-order valence-electron chi connectivity index (χ2n) is 4.87. The van der Waals surface area contributed by atoms with Crippen molar-refractivity contribution in [2.75, 3.05) is 7.05 Å². The standard InChI is InChI=1S/C13H24N2O2S2/c1-5-6-7-11(3)15-19(16,17)13-8-10(2)12(18-13)9-14-4/h8,11,14-15H,5-7,9H2,1-4H3. The molecular formula is C13H24N2O2S2. The van der Waals surface area contributed by atoms with E-state index in [1.165, 1.54) is 11.3 Å². The number of thiophene rings is 1. The number of hydrogen-bond acceptors (Lipinski definition) is 4. The van der Waals surface area contributed by atoms with Crippen molar-refractivity contribution in [3.63, 3.8) is 0 Å². The van der Waals surface area contributed by atoms with Crippen LogP contribution in [0.25, 0.3) is 0 Å². The number of sulfonamides is 1. The predicted molar refractivity (Wildman–Crippen MR) is 81.1 cm³/mol. The molecule has 110 valence electrons. The minimum absolute atomic E-state index is 0.0138. The molecule has 0 bridgehead atoms. The van der Waals surface area contributed by atoms with Gasteiger partial charge in [0, 0.05) is 17.5 Å². The van der Waals surface area contributed by atoms with E-state index in [4.69, 9.17) is 0 Å². The zero-order valence-electron chi connectivity index (χ0n) is 12.1. The Morgan fingerprint density at radius 3 is 2.68 bits per heavy atom. The van der Waals surface area contributed by atoms with Crippen LogP contribution < -0.4 is 10.0 Å². The van der Waals surface area contributed by atoms with Crippen LogP contribution in [0.4, 0.5) is 0 Å². The molecule has 1 heterocycles. The second kappa shape index (κ2) is 7.38. The second-order valence-corrected chi connectivity index (χ2v) is 7.94. The molecule has 0 radical (unpaired) electrons. The first kappa shape index (κ1) is 16.6. The summed E-state index contributed by atoms with van der Waals surface area (Å²) in [4.78, 5) is 1.07. The van der Waals surface area contributed by atoms with Crippen LogP contribution in [0.1, 0.15) is 43.6 Å². The fraction of sp³-hybridized carbons (Fsp3) is 0.692. The normalized spacial score (nSPS) is 13.7. The van der Waals surface area contributed by atoms with Gasteiger partial charge in [-0.3, -0.25) is 0 Å². The summed E-state index contributed by atoms with van der Waals surface area (Å²) in [5, 5.41) is 3.05. The summed E-state index contributed by atoms with van der Waals surface area (Å²) in [5.74, 6) is 0. The van der Waals surface area contributed by atoms with E-state index in [2.05, 4.69) is 17.0 Å². The summed E-state index contributed by atoms with van der Waals surface area (Å²) in [7, 11) is -1.51. The smallest absolute Gasteiger partial charge is 0.250 e. The van der Waals surface area contributed by atoms with Crippen molar-refractivity contribution in [3.8, 4) is 0 Å². The Balaban J connectivity index is 2.79. The van der Waals surface area contributed by atoms with E-state index in [0.717, 1.165) is 29.7 Å². The van der Waals surface area contributed by atoms with Gasteiger partial charge in [-0.15, -0.1) is 11.3 Å². The molecular weight excluding hydrogens is 280 g/mol. The molecule has 0 spiro atoms. The van der Waals surface area contributed by atoms with Crippen molar-refractivity contribution in [1.82, 2.24) is 10.0 Å². The SMILES string of the molecule is CCCCC(C)NS(=O)(=O)c1cc(C)c(CNC)s1. The van der Waals surface area contributed by atoms with Gasteiger partial charge in [-0.05, 0) is 38.9 Å². The van der Waals surface area contributed by atoms with E-state index in [-0.39, 0.29) is 6.04 Å². The number of nitrogens with one attached hydrogen (secondary N) is 2. The van der Waals surface area contributed by atoms with Crippen LogP contribution in [0, 0.1) is 6.92 Å². The molecule has 1 aromatic rings. The lowest BCUT2D eigenvalue weighted by Crippen LogP contribution is -2.32. The highest BCUT2D eigenvalue weighted by Gasteiger charge is 2.20. The first-order valence-electron chi connectivity index (χ1n) is 6.67. The highest BCUT2D eigenvalue weighted by Crippen LogP contribution is 2.26. The van der Waals surface area contributed by atoms with Gasteiger partial charge in [-0.25, -0.2) is 13.1 Å². The Hall–Kier alpha value is -0.430. The maximum atomic E-state index is 12.3. The summed E-state index contributed by atoms with van der Waals surface area (Å²) >= 11 is 1.34. The first-order valence-corrected chi connectivity index (χ1v) is 8.97. The maximum Gasteiger partial charge on any atom is 0.250 e. The van der Waals surface area contributed by atoms with Gasteiger partial charge in [0.15, 0.2) is 0 Å². The fourth-order valence-electron chi connectivity index (χ4n) is 1.85. The van der Waals surface area contributed by atoms with Crippen molar-refractivity contribution in [3.05, 3.63) is 16.5 Å². The molecule has 6 heteroatoms. The van der Waals surface area contributed by atoms with E-state index in [0.29, 0.717) is 10.8 Å². The molecule has 1 rings (SSSR count). The Kier molecular flexibility index (Phi) is 6.46. The fourth-order valence-corrected chi connectivity index (χ4v) is 4.74. The summed E-state index contributed by atoms with van der Waals surface area (Å²) in [5.41, 5.74) is 1.03. The Morgan fingerprint density at radius 2 is 2.11 bits per heavy atom. The molecule has 0 aliphatic carbocycles. The molecule has 2 N–H and O–H groups in total. The predicted octanol–water partition coefficient (Wildman–Crippen LogP) is 2.63. The first-order chi connectivity index (χ1) is 8.90. The van der Waals surface area contributed by atoms with Gasteiger partial charge in [0.05, 0.1) is 0 Å². The summed E-state index contributed by atoms with van der Waals surface area (Å²) in [6.45, 7) is 6.68. The van der Waals surface area contributed by atoms with Crippen molar-refractivity contribution in [1.29, 1.82) is 0 Å². The molecule has 1 unspecified atom stereocenters. The zero-order chi connectivity index (χ0) is 14.5. The molecule has 0 amide bonds. The van der Waals surface area contributed by atoms with Crippen LogP contribution in [-0.2, 0) is 16.6 Å². The van der Waals surface area contributed by atoms with Crippen molar-refractivity contribution in [2.45, 2.75) is 56.8 Å². The monoisotopic (exact) mass is 304 g/mol. The minimum Gasteiger partial charge on any atom is -0.315 e. The van der Waals surface area contributed by atoms with E-state index >= 15 is 0 Å². The van der Waals surface area contributed by atoms with Crippen molar-refractivity contribution in [2.24, 2.45) is 0 Å². The van der Waals surface area contributed by atoms with Crippen LogP contribution in [0.2, 0.25) is 0 Å².